The highest BCUT2D eigenvalue weighted by Gasteiger charge is 2.24. The topological polar surface area (TPSA) is 48.9 Å². The Kier molecular flexibility index (Phi) is 5.78. The largest absolute Gasteiger partial charge is 0.381 e. The molecular weight excluding hydrogens is 356 g/mol. The van der Waals surface area contributed by atoms with Gasteiger partial charge in [0.15, 0.2) is 5.96 Å². The van der Waals surface area contributed by atoms with Crippen LogP contribution in [-0.4, -0.2) is 51.9 Å². The van der Waals surface area contributed by atoms with E-state index in [1.807, 2.05) is 7.05 Å². The van der Waals surface area contributed by atoms with E-state index in [1.54, 1.807) is 0 Å². The number of hydrogen-bond donors (Lipinski definition) is 2. The van der Waals surface area contributed by atoms with Crippen LogP contribution in [0.4, 0.5) is 5.69 Å². The van der Waals surface area contributed by atoms with Gasteiger partial charge < -0.3 is 20.3 Å². The molecule has 2 saturated heterocycles. The standard InChI is InChI=1S/C17H25BrN4O/c1-19-17(20-10-13-7-9-23-12-13)21-15-6-8-22(11-15)16-4-2-14(18)3-5-16/h2-5,13,15H,6-12H2,1H3,(H2,19,20,21). The Bertz CT molecular complexity index is 528. The Morgan fingerprint density at radius 1 is 1.35 bits per heavy atom. The van der Waals surface area contributed by atoms with Crippen LogP contribution in [0.5, 0.6) is 0 Å². The van der Waals surface area contributed by atoms with Crippen molar-refractivity contribution >= 4 is 27.6 Å². The lowest BCUT2D eigenvalue weighted by molar-refractivity contribution is 0.186. The molecule has 0 saturated carbocycles. The van der Waals surface area contributed by atoms with Gasteiger partial charge in [0.05, 0.1) is 6.61 Å². The fraction of sp³-hybridized carbons (Fsp3) is 0.588. The minimum Gasteiger partial charge on any atom is -0.381 e. The minimum absolute atomic E-state index is 0.435. The van der Waals surface area contributed by atoms with Crippen molar-refractivity contribution in [2.45, 2.75) is 18.9 Å². The Balaban J connectivity index is 1.47. The van der Waals surface area contributed by atoms with Crippen molar-refractivity contribution in [3.63, 3.8) is 0 Å². The second-order valence-corrected chi connectivity index (χ2v) is 7.15. The first-order valence-corrected chi connectivity index (χ1v) is 9.09. The highest BCUT2D eigenvalue weighted by Crippen LogP contribution is 2.22. The fourth-order valence-corrected chi connectivity index (χ4v) is 3.40. The zero-order chi connectivity index (χ0) is 16.1. The second-order valence-electron chi connectivity index (χ2n) is 6.24. The number of aliphatic imine (C=N–C) groups is 1. The van der Waals surface area contributed by atoms with E-state index >= 15 is 0 Å². The summed E-state index contributed by atoms with van der Waals surface area (Å²) in [5, 5.41) is 6.98. The Morgan fingerprint density at radius 3 is 2.87 bits per heavy atom. The number of benzene rings is 1. The Labute approximate surface area is 146 Å². The maximum atomic E-state index is 5.42. The van der Waals surface area contributed by atoms with Gasteiger partial charge in [-0.2, -0.15) is 0 Å². The van der Waals surface area contributed by atoms with Crippen LogP contribution < -0.4 is 15.5 Å². The van der Waals surface area contributed by atoms with Crippen molar-refractivity contribution in [3.8, 4) is 0 Å². The first-order valence-electron chi connectivity index (χ1n) is 8.30. The molecule has 6 heteroatoms. The lowest BCUT2D eigenvalue weighted by atomic mass is 10.1. The number of nitrogens with one attached hydrogen (secondary N) is 2. The smallest absolute Gasteiger partial charge is 0.191 e. The summed E-state index contributed by atoms with van der Waals surface area (Å²) in [6.45, 7) is 4.78. The van der Waals surface area contributed by atoms with Gasteiger partial charge in [0, 0.05) is 55.4 Å². The van der Waals surface area contributed by atoms with Crippen LogP contribution in [0.2, 0.25) is 0 Å². The van der Waals surface area contributed by atoms with Crippen LogP contribution in [0.3, 0.4) is 0 Å². The summed E-state index contributed by atoms with van der Waals surface area (Å²) in [7, 11) is 1.84. The van der Waals surface area contributed by atoms with Crippen LogP contribution in [0, 0.1) is 5.92 Å². The van der Waals surface area contributed by atoms with Gasteiger partial charge in [-0.1, -0.05) is 15.9 Å². The quantitative estimate of drug-likeness (QED) is 0.621. The lowest BCUT2D eigenvalue weighted by Crippen LogP contribution is -2.46. The molecular formula is C17H25BrN4O. The average molecular weight is 381 g/mol. The van der Waals surface area contributed by atoms with E-state index in [2.05, 4.69) is 60.7 Å². The maximum Gasteiger partial charge on any atom is 0.191 e. The first kappa shape index (κ1) is 16.6. The number of hydrogen-bond acceptors (Lipinski definition) is 3. The van der Waals surface area contributed by atoms with E-state index in [1.165, 1.54) is 5.69 Å². The predicted molar refractivity (Wildman–Crippen MR) is 98.2 cm³/mol. The van der Waals surface area contributed by atoms with Gasteiger partial charge in [0.25, 0.3) is 0 Å². The summed E-state index contributed by atoms with van der Waals surface area (Å²) in [5.74, 6) is 1.51. The molecule has 0 aromatic heterocycles. The molecule has 2 aliphatic heterocycles. The van der Waals surface area contributed by atoms with E-state index in [-0.39, 0.29) is 0 Å². The van der Waals surface area contributed by atoms with Crippen molar-refractivity contribution in [3.05, 3.63) is 28.7 Å². The van der Waals surface area contributed by atoms with Crippen LogP contribution in [-0.2, 0) is 4.74 Å². The molecule has 1 aromatic carbocycles. The second kappa shape index (κ2) is 8.02. The van der Waals surface area contributed by atoms with E-state index < -0.39 is 0 Å². The number of halogens is 1. The Morgan fingerprint density at radius 2 is 2.17 bits per heavy atom. The van der Waals surface area contributed by atoms with Crippen LogP contribution in [0.15, 0.2) is 33.7 Å². The van der Waals surface area contributed by atoms with Gasteiger partial charge in [-0.3, -0.25) is 4.99 Å². The highest BCUT2D eigenvalue weighted by atomic mass is 79.9. The SMILES string of the molecule is CN=C(NCC1CCOC1)NC1CCN(c2ccc(Br)cc2)C1. The van der Waals surface area contributed by atoms with Crippen molar-refractivity contribution in [1.82, 2.24) is 10.6 Å². The van der Waals surface area contributed by atoms with Gasteiger partial charge >= 0.3 is 0 Å². The van der Waals surface area contributed by atoms with Gasteiger partial charge in [0.1, 0.15) is 0 Å². The monoisotopic (exact) mass is 380 g/mol. The van der Waals surface area contributed by atoms with Crippen molar-refractivity contribution in [2.24, 2.45) is 10.9 Å². The minimum atomic E-state index is 0.435. The van der Waals surface area contributed by atoms with E-state index in [4.69, 9.17) is 4.74 Å². The molecule has 5 nitrogen and oxygen atoms in total. The van der Waals surface area contributed by atoms with E-state index in [9.17, 15) is 0 Å². The van der Waals surface area contributed by atoms with Gasteiger partial charge in [-0.15, -0.1) is 0 Å². The number of guanidine groups is 1. The number of ether oxygens (including phenoxy) is 1. The molecule has 2 heterocycles. The van der Waals surface area contributed by atoms with Crippen LogP contribution in [0.25, 0.3) is 0 Å². The normalized spacial score (nSPS) is 25.0. The molecule has 0 spiro atoms. The van der Waals surface area contributed by atoms with Gasteiger partial charge in [-0.25, -0.2) is 0 Å². The zero-order valence-corrected chi connectivity index (χ0v) is 15.2. The third-order valence-corrected chi connectivity index (χ3v) is 5.06. The molecule has 1 aromatic rings. The first-order chi connectivity index (χ1) is 11.2. The number of anilines is 1. The molecule has 2 atom stereocenters. The summed E-state index contributed by atoms with van der Waals surface area (Å²) in [6.07, 6.45) is 2.27. The third-order valence-electron chi connectivity index (χ3n) is 4.53. The molecule has 3 rings (SSSR count). The third kappa shape index (κ3) is 4.61. The number of nitrogens with zero attached hydrogens (tertiary/aromatic N) is 2. The van der Waals surface area contributed by atoms with Crippen molar-refractivity contribution in [1.29, 1.82) is 0 Å². The summed E-state index contributed by atoms with van der Waals surface area (Å²) < 4.78 is 6.54. The predicted octanol–water partition coefficient (Wildman–Crippen LogP) is 2.23. The Hall–Kier alpha value is -1.27. The maximum absolute atomic E-state index is 5.42. The van der Waals surface area contributed by atoms with Gasteiger partial charge in [0.2, 0.25) is 0 Å². The summed E-state index contributed by atoms with van der Waals surface area (Å²) >= 11 is 3.49. The summed E-state index contributed by atoms with van der Waals surface area (Å²) in [5.41, 5.74) is 1.28. The van der Waals surface area contributed by atoms with Crippen LogP contribution >= 0.6 is 15.9 Å². The van der Waals surface area contributed by atoms with Crippen LogP contribution in [0.1, 0.15) is 12.8 Å². The molecule has 23 heavy (non-hydrogen) atoms. The highest BCUT2D eigenvalue weighted by molar-refractivity contribution is 9.10. The molecule has 126 valence electrons. The summed E-state index contributed by atoms with van der Waals surface area (Å²) in [6, 6.07) is 8.96. The molecule has 0 aliphatic carbocycles. The average Bonchev–Trinajstić information content (AvgIpc) is 3.24. The summed E-state index contributed by atoms with van der Waals surface area (Å²) in [4.78, 5) is 6.77. The van der Waals surface area contributed by atoms with Gasteiger partial charge in [-0.05, 0) is 37.1 Å². The van der Waals surface area contributed by atoms with E-state index in [0.717, 1.165) is 56.1 Å². The molecule has 2 unspecified atom stereocenters. The molecule has 2 aliphatic rings. The molecule has 0 radical (unpaired) electrons. The molecule has 2 fully saturated rings. The van der Waals surface area contributed by atoms with E-state index in [0.29, 0.717) is 12.0 Å². The fourth-order valence-electron chi connectivity index (χ4n) is 3.14. The number of rotatable bonds is 4. The zero-order valence-electron chi connectivity index (χ0n) is 13.6. The molecule has 0 amide bonds. The lowest BCUT2D eigenvalue weighted by Gasteiger charge is -2.21. The van der Waals surface area contributed by atoms with Crippen molar-refractivity contribution < 1.29 is 4.74 Å². The molecule has 0 bridgehead atoms. The molecule has 2 N–H and O–H groups in total. The van der Waals surface area contributed by atoms with Crippen molar-refractivity contribution in [2.75, 3.05) is 44.8 Å².